The summed E-state index contributed by atoms with van der Waals surface area (Å²) in [6.45, 7) is 64.4. The zero-order valence-electron chi connectivity index (χ0n) is 58.3. The third kappa shape index (κ3) is 11.9. The molecule has 18 nitrogen and oxygen atoms in total. The molecule has 0 aliphatic heterocycles. The van der Waals surface area contributed by atoms with E-state index in [1.165, 1.54) is 72.8 Å². The van der Waals surface area contributed by atoms with Crippen LogP contribution in [-0.2, 0) is 0 Å². The molecule has 0 unspecified atom stereocenters. The Morgan fingerprint density at radius 1 is 0.272 bits per heavy atom. The van der Waals surface area contributed by atoms with Crippen molar-refractivity contribution in [3.8, 4) is 60.7 Å². The SMILES string of the molecule is [C-]#[N+]C1=C(c2ccccc2)/C(=C(/C#N)c2cc([N+]#[C-])cc([N+]#[C-])c2)c2c(C#N)c3c(c(C#N)c21)/C(=C(\[N+]#[C-])c1cc(C#N)cc(C#N)c1)C(c1ccccc1)=C3C#N.[C-]#[N+]C1=C(c2ccccc2)/C(=C(/C#N)c2cc([N+]#[C-])cc([N+]#[C-])c2)c2c(F)c3c(c(F)c21)/C(=C(\[N+]#[C-])c1cc(C#N)cc(C#N)c1)C(c1ccccc1)=C3C#N. The smallest absolute Gasteiger partial charge is 0.206 e. The Bertz CT molecular complexity index is 6730. The van der Waals surface area contributed by atoms with Gasteiger partial charge in [0.2, 0.25) is 22.8 Å². The highest BCUT2D eigenvalue weighted by atomic mass is 19.1. The number of allylic oxidation sites excluding steroid dienone is 12. The van der Waals surface area contributed by atoms with Crippen LogP contribution in [0.2, 0.25) is 0 Å². The van der Waals surface area contributed by atoms with Crippen molar-refractivity contribution >= 4 is 112 Å². The van der Waals surface area contributed by atoms with Gasteiger partial charge in [0.05, 0.1) is 139 Å². The van der Waals surface area contributed by atoms with Gasteiger partial charge in [-0.15, -0.1) is 0 Å². The third-order valence-corrected chi connectivity index (χ3v) is 19.0. The fourth-order valence-corrected chi connectivity index (χ4v) is 14.6. The van der Waals surface area contributed by atoms with Crippen molar-refractivity contribution in [1.29, 1.82) is 52.6 Å². The Balaban J connectivity index is 0.000000199. The lowest BCUT2D eigenvalue weighted by Crippen LogP contribution is -2.05. The van der Waals surface area contributed by atoms with Crippen molar-refractivity contribution in [3.63, 3.8) is 0 Å². The van der Waals surface area contributed by atoms with E-state index >= 15 is 8.78 Å². The van der Waals surface area contributed by atoms with E-state index < -0.39 is 33.9 Å². The monoisotopic (exact) mass is 1450 g/mol. The molecule has 0 bridgehead atoms. The molecule has 0 atom stereocenters. The summed E-state index contributed by atoms with van der Waals surface area (Å²) in [7, 11) is 0. The van der Waals surface area contributed by atoms with Gasteiger partial charge in [-0.1, -0.05) is 158 Å². The number of fused-ring (bicyclic) bond motifs is 4. The lowest BCUT2D eigenvalue weighted by atomic mass is 9.82. The molecule has 0 radical (unpaired) electrons. The van der Waals surface area contributed by atoms with Crippen molar-refractivity contribution in [2.75, 3.05) is 0 Å². The molecule has 4 aliphatic rings. The van der Waals surface area contributed by atoms with Crippen LogP contribution in [-0.4, -0.2) is 0 Å². The van der Waals surface area contributed by atoms with E-state index in [0.29, 0.717) is 22.3 Å². The number of hydrogen-bond donors (Lipinski definition) is 0. The molecule has 0 fully saturated rings. The lowest BCUT2D eigenvalue weighted by Gasteiger charge is -2.18. The van der Waals surface area contributed by atoms with Crippen molar-refractivity contribution in [2.24, 2.45) is 0 Å². The van der Waals surface area contributed by atoms with Crippen LogP contribution in [0.3, 0.4) is 0 Å². The van der Waals surface area contributed by atoms with Gasteiger partial charge in [0.15, 0.2) is 22.7 Å². The Labute approximate surface area is 650 Å². The van der Waals surface area contributed by atoms with Gasteiger partial charge in [0.1, 0.15) is 42.0 Å². The maximum absolute atomic E-state index is 18.0. The van der Waals surface area contributed by atoms with E-state index in [1.54, 1.807) is 121 Å². The summed E-state index contributed by atoms with van der Waals surface area (Å²) in [5.74, 6) is -2.29. The molecule has 0 saturated heterocycles. The van der Waals surface area contributed by atoms with Gasteiger partial charge in [-0.25, -0.2) is 47.5 Å². The van der Waals surface area contributed by atoms with Gasteiger partial charge in [0, 0.05) is 39.0 Å². The number of hydrogen-bond acceptors (Lipinski definition) is 10. The Morgan fingerprint density at radius 2 is 0.579 bits per heavy atom. The van der Waals surface area contributed by atoms with Crippen molar-refractivity contribution in [1.82, 2.24) is 0 Å². The molecule has 10 aromatic rings. The number of rotatable bonds is 8. The normalized spacial score (nSPS) is 13.8. The summed E-state index contributed by atoms with van der Waals surface area (Å²) in [5.41, 5.74) is -1.24. The second-order valence-electron chi connectivity index (χ2n) is 24.8. The van der Waals surface area contributed by atoms with Crippen molar-refractivity contribution in [3.05, 3.63) is 419 Å². The van der Waals surface area contributed by atoms with Crippen LogP contribution in [0.1, 0.15) is 122 Å². The minimum Gasteiger partial charge on any atom is -0.239 e. The topological polar surface area (TPSA) is 273 Å². The van der Waals surface area contributed by atoms with Gasteiger partial charge in [-0.2, -0.15) is 52.6 Å². The average molecular weight is 1450 g/mol. The van der Waals surface area contributed by atoms with Crippen molar-refractivity contribution in [2.45, 2.75) is 0 Å². The summed E-state index contributed by atoms with van der Waals surface area (Å²) < 4.78 is 36.0. The highest BCUT2D eigenvalue weighted by molar-refractivity contribution is 6.37. The largest absolute Gasteiger partial charge is 0.239 e. The second-order valence-corrected chi connectivity index (χ2v) is 24.8. The second kappa shape index (κ2) is 30.5. The summed E-state index contributed by atoms with van der Waals surface area (Å²) in [6.07, 6.45) is 0. The Hall–Kier alpha value is -19.2. The van der Waals surface area contributed by atoms with E-state index in [1.807, 2.05) is 30.3 Å². The maximum Gasteiger partial charge on any atom is 0.206 e. The van der Waals surface area contributed by atoms with Crippen LogP contribution in [0.4, 0.5) is 31.5 Å². The van der Waals surface area contributed by atoms with Crippen LogP contribution in [0, 0.1) is 178 Å². The molecule has 0 saturated carbocycles. The molecule has 512 valence electrons. The predicted molar refractivity (Wildman–Crippen MR) is 421 cm³/mol. The van der Waals surface area contributed by atoms with E-state index in [0.717, 1.165) is 0 Å². The standard InChI is InChI=1S/C48H16N10.C46H16F2N8/c1-55-33-18-31(19-34(20-33)56-2)35(23-51)42-40(30-13-9-6-10-14-30)48(58-4)45-38(26-54)43-41(37(25-53)44(42)45)36(24-52)39(29-11-7-5-8-12-29)46(43)47(57-3)32-16-27(21-49)15-28(17-32)22-50;1-53-31-18-29(19-32(20-31)54-2)33(23-51)37-36(28-13-9-6-10-14-28)46(56-4)42-39(37)43(47)38-34(24-52)35(27-11-7-5-8-12-27)41(40(38)44(42)48)45(55-3)30-16-25(21-49)15-26(17-30)22-50/h5-20H;5-20H/b42-35+,47-46-;37-33+,45-41-. The third-order valence-electron chi connectivity index (χ3n) is 19.0. The summed E-state index contributed by atoms with van der Waals surface area (Å²) >= 11 is 0. The molecule has 0 amide bonds. The molecule has 14 rings (SSSR count). The highest BCUT2D eigenvalue weighted by Crippen LogP contribution is 2.62. The first kappa shape index (κ1) is 73.1. The van der Waals surface area contributed by atoms with E-state index in [2.05, 4.69) is 69.1 Å². The van der Waals surface area contributed by atoms with Crippen LogP contribution in [0.5, 0.6) is 0 Å². The maximum atomic E-state index is 18.0. The molecular formula is C94H32F2N18. The fourth-order valence-electron chi connectivity index (χ4n) is 14.6. The molecule has 0 heterocycles. The number of nitrogens with zero attached hydrogens (tertiary/aromatic N) is 18. The van der Waals surface area contributed by atoms with Crippen LogP contribution >= 0.6 is 0 Å². The first-order chi connectivity index (χ1) is 55.6. The van der Waals surface area contributed by atoms with E-state index in [-0.39, 0.29) is 190 Å². The first-order valence-electron chi connectivity index (χ1n) is 33.3. The molecule has 114 heavy (non-hydrogen) atoms. The Kier molecular flexibility index (Phi) is 19.6. The van der Waals surface area contributed by atoms with E-state index in [4.69, 9.17) is 52.6 Å². The van der Waals surface area contributed by atoms with Crippen LogP contribution in [0.15, 0.2) is 194 Å². The van der Waals surface area contributed by atoms with Crippen LogP contribution < -0.4 is 0 Å². The summed E-state index contributed by atoms with van der Waals surface area (Å²) in [5, 5.41) is 105. The summed E-state index contributed by atoms with van der Waals surface area (Å²) in [4.78, 5) is 29.1. The van der Waals surface area contributed by atoms with Gasteiger partial charge in [-0.3, -0.25) is 0 Å². The van der Waals surface area contributed by atoms with Gasteiger partial charge in [-0.05, 0) is 131 Å². The molecule has 0 aromatic heterocycles. The quantitative estimate of drug-likeness (QED) is 0.102. The zero-order valence-corrected chi connectivity index (χ0v) is 58.3. The molecule has 0 N–H and O–H groups in total. The molecule has 0 spiro atoms. The lowest BCUT2D eigenvalue weighted by molar-refractivity contribution is 0.590. The van der Waals surface area contributed by atoms with Crippen molar-refractivity contribution < 1.29 is 8.78 Å². The number of benzene rings is 10. The molecular weight excluding hydrogens is 1420 g/mol. The highest BCUT2D eigenvalue weighted by Gasteiger charge is 2.46. The minimum absolute atomic E-state index is 0.00180. The molecule has 20 heteroatoms. The predicted octanol–water partition coefficient (Wildman–Crippen LogP) is 22.0. The van der Waals surface area contributed by atoms with Gasteiger partial charge in [0.25, 0.3) is 0 Å². The average Bonchev–Trinajstić information content (AvgIpc) is 1.54. The Morgan fingerprint density at radius 3 is 0.904 bits per heavy atom. The first-order valence-corrected chi connectivity index (χ1v) is 33.3. The number of halogens is 2. The molecule has 4 aliphatic carbocycles. The van der Waals surface area contributed by atoms with Gasteiger partial charge >= 0.3 is 0 Å². The molecule has 10 aromatic carbocycles. The van der Waals surface area contributed by atoms with E-state index in [9.17, 15) is 52.6 Å². The van der Waals surface area contributed by atoms with Gasteiger partial charge < -0.3 is 0 Å². The minimum atomic E-state index is -1.15. The fraction of sp³-hybridized carbons (Fsp3) is 0. The summed E-state index contributed by atoms with van der Waals surface area (Å²) in [6, 6.07) is 71.0. The van der Waals surface area contributed by atoms with Crippen LogP contribution in [0.25, 0.3) is 128 Å². The zero-order chi connectivity index (χ0) is 80.8. The number of nitriles is 10.